The number of nitrogens with zero attached hydrogens (tertiary/aromatic N) is 1. The van der Waals surface area contributed by atoms with Crippen LogP contribution in [0.15, 0.2) is 29.3 Å². The molecule has 1 unspecified atom stereocenters. The van der Waals surface area contributed by atoms with Gasteiger partial charge in [-0.3, -0.25) is 4.99 Å². The zero-order valence-electron chi connectivity index (χ0n) is 16.1. The quantitative estimate of drug-likeness (QED) is 0.239. The minimum atomic E-state index is -0.355. The minimum absolute atomic E-state index is 0. The molecule has 1 heterocycles. The lowest BCUT2D eigenvalue weighted by atomic mass is 10.1. The standard InChI is InChI=1S/C19H30FN3O3.HI/c1-15(26-18-7-4-3-6-17(18)20)14-23-19(21-2)22-10-5-11-25-16-8-12-24-13-9-16;/h3-4,6-7,15-16H,5,8-14H2,1-2H3,(H2,21,22,23);1H. The van der Waals surface area contributed by atoms with Crippen LogP contribution in [0.5, 0.6) is 5.75 Å². The van der Waals surface area contributed by atoms with Gasteiger partial charge in [0, 0.05) is 33.4 Å². The number of rotatable bonds is 9. The molecule has 1 fully saturated rings. The lowest BCUT2D eigenvalue weighted by Crippen LogP contribution is -2.42. The summed E-state index contributed by atoms with van der Waals surface area (Å²) in [5.74, 6) is 0.599. The topological polar surface area (TPSA) is 64.1 Å². The van der Waals surface area contributed by atoms with Crippen LogP contribution in [0.1, 0.15) is 26.2 Å². The molecule has 1 aromatic carbocycles. The number of aliphatic imine (C=N–C) groups is 1. The van der Waals surface area contributed by atoms with Crippen molar-refractivity contribution in [1.82, 2.24) is 10.6 Å². The molecule has 8 heteroatoms. The van der Waals surface area contributed by atoms with Crippen LogP contribution in [-0.4, -0.2) is 58.1 Å². The van der Waals surface area contributed by atoms with Crippen molar-refractivity contribution in [2.75, 3.05) is 40.0 Å². The molecule has 154 valence electrons. The summed E-state index contributed by atoms with van der Waals surface area (Å²) in [6.07, 6.45) is 3.01. The molecular formula is C19H31FIN3O3. The second-order valence-corrected chi connectivity index (χ2v) is 6.27. The van der Waals surface area contributed by atoms with Gasteiger partial charge < -0.3 is 24.8 Å². The summed E-state index contributed by atoms with van der Waals surface area (Å²) in [5.41, 5.74) is 0. The monoisotopic (exact) mass is 495 g/mol. The summed E-state index contributed by atoms with van der Waals surface area (Å²) in [6.45, 7) is 5.49. The highest BCUT2D eigenvalue weighted by molar-refractivity contribution is 14.0. The summed E-state index contributed by atoms with van der Waals surface area (Å²) in [5, 5.41) is 6.43. The van der Waals surface area contributed by atoms with Crippen molar-refractivity contribution >= 4 is 29.9 Å². The van der Waals surface area contributed by atoms with Crippen molar-refractivity contribution in [1.29, 1.82) is 0 Å². The van der Waals surface area contributed by atoms with E-state index in [1.54, 1.807) is 25.2 Å². The molecule has 1 saturated heterocycles. The summed E-state index contributed by atoms with van der Waals surface area (Å²) < 4.78 is 30.3. The van der Waals surface area contributed by atoms with Gasteiger partial charge in [0.05, 0.1) is 12.6 Å². The van der Waals surface area contributed by atoms with Gasteiger partial charge in [0.15, 0.2) is 17.5 Å². The van der Waals surface area contributed by atoms with Crippen LogP contribution in [0.4, 0.5) is 4.39 Å². The Hall–Kier alpha value is -1.13. The first-order valence-corrected chi connectivity index (χ1v) is 9.24. The SMILES string of the molecule is CN=C(NCCCOC1CCOCC1)NCC(C)Oc1ccccc1F.I. The molecule has 2 rings (SSSR count). The summed E-state index contributed by atoms with van der Waals surface area (Å²) in [4.78, 5) is 4.18. The highest BCUT2D eigenvalue weighted by Gasteiger charge is 2.13. The van der Waals surface area contributed by atoms with Crippen LogP contribution in [0, 0.1) is 5.82 Å². The van der Waals surface area contributed by atoms with E-state index < -0.39 is 0 Å². The number of hydrogen-bond acceptors (Lipinski definition) is 4. The van der Waals surface area contributed by atoms with E-state index in [-0.39, 0.29) is 41.6 Å². The first-order chi connectivity index (χ1) is 12.7. The molecule has 6 nitrogen and oxygen atoms in total. The Morgan fingerprint density at radius 3 is 2.74 bits per heavy atom. The van der Waals surface area contributed by atoms with E-state index in [4.69, 9.17) is 14.2 Å². The number of ether oxygens (including phenoxy) is 3. The van der Waals surface area contributed by atoms with Crippen LogP contribution in [0.25, 0.3) is 0 Å². The van der Waals surface area contributed by atoms with E-state index in [9.17, 15) is 4.39 Å². The van der Waals surface area contributed by atoms with Gasteiger partial charge in [0.25, 0.3) is 0 Å². The highest BCUT2D eigenvalue weighted by atomic mass is 127. The molecule has 2 N–H and O–H groups in total. The third-order valence-corrected chi connectivity index (χ3v) is 4.08. The number of hydrogen-bond donors (Lipinski definition) is 2. The summed E-state index contributed by atoms with van der Waals surface area (Å²) in [7, 11) is 1.72. The first kappa shape index (κ1) is 23.9. The first-order valence-electron chi connectivity index (χ1n) is 9.24. The second-order valence-electron chi connectivity index (χ2n) is 6.27. The number of para-hydroxylation sites is 1. The summed E-state index contributed by atoms with van der Waals surface area (Å²) in [6, 6.07) is 6.40. The Labute approximate surface area is 178 Å². The van der Waals surface area contributed by atoms with Crippen molar-refractivity contribution in [3.63, 3.8) is 0 Å². The third-order valence-electron chi connectivity index (χ3n) is 4.08. The molecule has 0 saturated carbocycles. The van der Waals surface area contributed by atoms with Gasteiger partial charge in [-0.15, -0.1) is 24.0 Å². The van der Waals surface area contributed by atoms with Gasteiger partial charge in [0.2, 0.25) is 0 Å². The van der Waals surface area contributed by atoms with Crippen LogP contribution in [0.3, 0.4) is 0 Å². The predicted molar refractivity (Wildman–Crippen MR) is 116 cm³/mol. The van der Waals surface area contributed by atoms with Gasteiger partial charge in [-0.2, -0.15) is 0 Å². The van der Waals surface area contributed by atoms with Crippen LogP contribution in [0.2, 0.25) is 0 Å². The Kier molecular flexibility index (Phi) is 12.4. The van der Waals surface area contributed by atoms with Gasteiger partial charge in [-0.1, -0.05) is 12.1 Å². The molecule has 1 aliphatic rings. The van der Waals surface area contributed by atoms with E-state index in [1.165, 1.54) is 6.07 Å². The highest BCUT2D eigenvalue weighted by Crippen LogP contribution is 2.16. The van der Waals surface area contributed by atoms with Crippen LogP contribution < -0.4 is 15.4 Å². The average molecular weight is 495 g/mol. The molecule has 1 atom stereocenters. The number of benzene rings is 1. The molecule has 0 amide bonds. The molecule has 0 aromatic heterocycles. The van der Waals surface area contributed by atoms with Crippen LogP contribution in [-0.2, 0) is 9.47 Å². The Bertz CT molecular complexity index is 557. The van der Waals surface area contributed by atoms with E-state index in [2.05, 4.69) is 15.6 Å². The van der Waals surface area contributed by atoms with Gasteiger partial charge in [-0.25, -0.2) is 4.39 Å². The maximum atomic E-state index is 13.6. The third kappa shape index (κ3) is 9.57. The van der Waals surface area contributed by atoms with E-state index in [0.717, 1.165) is 45.6 Å². The minimum Gasteiger partial charge on any atom is -0.486 e. The van der Waals surface area contributed by atoms with E-state index in [1.807, 2.05) is 6.92 Å². The van der Waals surface area contributed by atoms with Crippen molar-refractivity contribution in [3.8, 4) is 5.75 Å². The fourth-order valence-electron chi connectivity index (χ4n) is 2.63. The summed E-state index contributed by atoms with van der Waals surface area (Å²) >= 11 is 0. The Morgan fingerprint density at radius 1 is 1.30 bits per heavy atom. The molecule has 0 bridgehead atoms. The maximum absolute atomic E-state index is 13.6. The zero-order chi connectivity index (χ0) is 18.6. The largest absolute Gasteiger partial charge is 0.486 e. The Morgan fingerprint density at radius 2 is 2.04 bits per heavy atom. The van der Waals surface area contributed by atoms with Crippen molar-refractivity contribution < 1.29 is 18.6 Å². The number of halogens is 2. The predicted octanol–water partition coefficient (Wildman–Crippen LogP) is 2.96. The fourth-order valence-corrected chi connectivity index (χ4v) is 2.63. The molecule has 27 heavy (non-hydrogen) atoms. The lowest BCUT2D eigenvalue weighted by Gasteiger charge is -2.22. The molecule has 1 aliphatic heterocycles. The van der Waals surface area contributed by atoms with Crippen molar-refractivity contribution in [2.24, 2.45) is 4.99 Å². The number of guanidine groups is 1. The fraction of sp³-hybridized carbons (Fsp3) is 0.632. The Balaban J connectivity index is 0.00000364. The molecule has 1 aromatic rings. The molecule has 0 radical (unpaired) electrons. The number of nitrogens with one attached hydrogen (secondary N) is 2. The van der Waals surface area contributed by atoms with Gasteiger partial charge in [0.1, 0.15) is 6.10 Å². The molecule has 0 aliphatic carbocycles. The lowest BCUT2D eigenvalue weighted by molar-refractivity contribution is -0.0320. The van der Waals surface area contributed by atoms with E-state index >= 15 is 0 Å². The van der Waals surface area contributed by atoms with Crippen LogP contribution >= 0.6 is 24.0 Å². The molecule has 0 spiro atoms. The smallest absolute Gasteiger partial charge is 0.191 e. The zero-order valence-corrected chi connectivity index (χ0v) is 18.4. The molecular weight excluding hydrogens is 464 g/mol. The normalized spacial score (nSPS) is 16.3. The van der Waals surface area contributed by atoms with Gasteiger partial charge >= 0.3 is 0 Å². The van der Waals surface area contributed by atoms with E-state index in [0.29, 0.717) is 18.6 Å². The van der Waals surface area contributed by atoms with Crippen molar-refractivity contribution in [2.45, 2.75) is 38.4 Å². The average Bonchev–Trinajstić information content (AvgIpc) is 2.66. The van der Waals surface area contributed by atoms with Crippen molar-refractivity contribution in [3.05, 3.63) is 30.1 Å². The van der Waals surface area contributed by atoms with Gasteiger partial charge in [-0.05, 0) is 38.3 Å². The second kappa shape index (κ2) is 14.0. The maximum Gasteiger partial charge on any atom is 0.191 e.